The molecule has 1 atom stereocenters. The van der Waals surface area contributed by atoms with Crippen molar-refractivity contribution in [3.63, 3.8) is 0 Å². The highest BCUT2D eigenvalue weighted by Crippen LogP contribution is 2.23. The molecule has 7 heteroatoms. The third-order valence-corrected chi connectivity index (χ3v) is 5.12. The molecule has 0 spiro atoms. The first-order valence-electron chi connectivity index (χ1n) is 7.79. The summed E-state index contributed by atoms with van der Waals surface area (Å²) < 4.78 is 11.0. The Morgan fingerprint density at radius 1 is 1.43 bits per heavy atom. The number of hydrogen-bond donors (Lipinski definition) is 0. The first kappa shape index (κ1) is 18.2. The zero-order valence-corrected chi connectivity index (χ0v) is 14.8. The van der Waals surface area contributed by atoms with Gasteiger partial charge in [-0.05, 0) is 31.4 Å². The molecule has 0 aromatic carbocycles. The average molecular weight is 360 g/mol. The Bertz CT molecular complexity index is 528. The SMILES string of the molecule is COC(=O)CCN(CC1CCCO1)C(=O)CCc1ccc(Cl)s1. The average Bonchev–Trinajstić information content (AvgIpc) is 3.20. The second kappa shape index (κ2) is 9.25. The van der Waals surface area contributed by atoms with E-state index >= 15 is 0 Å². The van der Waals surface area contributed by atoms with E-state index in [1.807, 2.05) is 12.1 Å². The second-order valence-corrected chi connectivity index (χ2v) is 7.31. The standard InChI is InChI=1S/C16H22ClNO4S/c1-21-16(20)8-9-18(11-12-3-2-10-22-12)15(19)7-5-13-4-6-14(17)23-13/h4,6,12H,2-3,5,7-11H2,1H3. The van der Waals surface area contributed by atoms with Crippen LogP contribution in [0, 0.1) is 0 Å². The summed E-state index contributed by atoms with van der Waals surface area (Å²) >= 11 is 7.40. The van der Waals surface area contributed by atoms with Crippen molar-refractivity contribution in [2.45, 2.75) is 38.2 Å². The lowest BCUT2D eigenvalue weighted by Crippen LogP contribution is -2.39. The molecule has 5 nitrogen and oxygen atoms in total. The summed E-state index contributed by atoms with van der Waals surface area (Å²) in [5.74, 6) is -0.269. The minimum atomic E-state index is -0.305. The minimum Gasteiger partial charge on any atom is -0.469 e. The lowest BCUT2D eigenvalue weighted by molar-refractivity contribution is -0.142. The van der Waals surface area contributed by atoms with Crippen LogP contribution in [0.3, 0.4) is 0 Å². The molecular weight excluding hydrogens is 338 g/mol. The quantitative estimate of drug-likeness (QED) is 0.670. The molecule has 1 aliphatic heterocycles. The molecule has 23 heavy (non-hydrogen) atoms. The van der Waals surface area contributed by atoms with Gasteiger partial charge in [0.1, 0.15) is 0 Å². The highest BCUT2D eigenvalue weighted by Gasteiger charge is 2.23. The maximum absolute atomic E-state index is 12.5. The van der Waals surface area contributed by atoms with Crippen molar-refractivity contribution in [1.82, 2.24) is 4.90 Å². The van der Waals surface area contributed by atoms with E-state index in [1.54, 1.807) is 4.90 Å². The molecule has 0 N–H and O–H groups in total. The first-order valence-corrected chi connectivity index (χ1v) is 8.98. The summed E-state index contributed by atoms with van der Waals surface area (Å²) in [7, 11) is 1.36. The first-order chi connectivity index (χ1) is 11.1. The van der Waals surface area contributed by atoms with Gasteiger partial charge in [0.15, 0.2) is 0 Å². The van der Waals surface area contributed by atoms with Gasteiger partial charge in [-0.15, -0.1) is 11.3 Å². The number of thiophene rings is 1. The molecule has 0 aliphatic carbocycles. The fraction of sp³-hybridized carbons (Fsp3) is 0.625. The van der Waals surface area contributed by atoms with Crippen LogP contribution in [0.2, 0.25) is 4.34 Å². The lowest BCUT2D eigenvalue weighted by atomic mass is 10.2. The predicted octanol–water partition coefficient (Wildman–Crippen LogP) is 2.90. The molecule has 1 unspecified atom stereocenters. The predicted molar refractivity (Wildman–Crippen MR) is 89.8 cm³/mol. The molecule has 1 saturated heterocycles. The number of nitrogens with zero attached hydrogens (tertiary/aromatic N) is 1. The molecule has 1 aromatic heterocycles. The molecule has 2 heterocycles. The van der Waals surface area contributed by atoms with E-state index in [1.165, 1.54) is 18.4 Å². The molecule has 1 fully saturated rings. The normalized spacial score (nSPS) is 17.2. The maximum Gasteiger partial charge on any atom is 0.307 e. The molecule has 1 aromatic rings. The van der Waals surface area contributed by atoms with Crippen molar-refractivity contribution in [2.24, 2.45) is 0 Å². The van der Waals surface area contributed by atoms with Crippen LogP contribution in [0.1, 0.15) is 30.6 Å². The third kappa shape index (κ3) is 6.12. The van der Waals surface area contributed by atoms with E-state index in [2.05, 4.69) is 4.74 Å². The van der Waals surface area contributed by atoms with Gasteiger partial charge in [0, 0.05) is 31.0 Å². The Kier molecular flexibility index (Phi) is 7.33. The van der Waals surface area contributed by atoms with Crippen molar-refractivity contribution >= 4 is 34.8 Å². The molecule has 1 amide bonds. The number of aryl methyl sites for hydroxylation is 1. The Morgan fingerprint density at radius 3 is 2.87 bits per heavy atom. The van der Waals surface area contributed by atoms with Crippen molar-refractivity contribution < 1.29 is 19.1 Å². The number of carbonyl (C=O) groups is 2. The monoisotopic (exact) mass is 359 g/mol. The van der Waals surface area contributed by atoms with Crippen molar-refractivity contribution in [3.05, 3.63) is 21.3 Å². The molecule has 2 rings (SSSR count). The smallest absolute Gasteiger partial charge is 0.307 e. The van der Waals surface area contributed by atoms with Crippen LogP contribution < -0.4 is 0 Å². The topological polar surface area (TPSA) is 55.8 Å². The largest absolute Gasteiger partial charge is 0.469 e. The van der Waals surface area contributed by atoms with E-state index in [4.69, 9.17) is 16.3 Å². The number of rotatable bonds is 8. The summed E-state index contributed by atoms with van der Waals surface area (Å²) in [6.07, 6.45) is 3.34. The van der Waals surface area contributed by atoms with Gasteiger partial charge < -0.3 is 14.4 Å². The van der Waals surface area contributed by atoms with Crippen LogP contribution in [-0.4, -0.2) is 49.7 Å². The van der Waals surface area contributed by atoms with Gasteiger partial charge in [-0.3, -0.25) is 9.59 Å². The fourth-order valence-corrected chi connectivity index (χ4v) is 3.64. The zero-order valence-electron chi connectivity index (χ0n) is 13.3. The lowest BCUT2D eigenvalue weighted by Gasteiger charge is -2.25. The number of carbonyl (C=O) groups excluding carboxylic acids is 2. The van der Waals surface area contributed by atoms with E-state index in [0.29, 0.717) is 25.9 Å². The van der Waals surface area contributed by atoms with Gasteiger partial charge >= 0.3 is 5.97 Å². The van der Waals surface area contributed by atoms with E-state index < -0.39 is 0 Å². The van der Waals surface area contributed by atoms with Gasteiger partial charge in [0.2, 0.25) is 5.91 Å². The Labute approximate surface area is 145 Å². The maximum atomic E-state index is 12.5. The summed E-state index contributed by atoms with van der Waals surface area (Å²) in [5.41, 5.74) is 0. The minimum absolute atomic E-state index is 0.0360. The van der Waals surface area contributed by atoms with Crippen LogP contribution in [0.15, 0.2) is 12.1 Å². The summed E-state index contributed by atoms with van der Waals surface area (Å²) in [6.45, 7) is 1.66. The highest BCUT2D eigenvalue weighted by atomic mass is 35.5. The highest BCUT2D eigenvalue weighted by molar-refractivity contribution is 7.16. The Balaban J connectivity index is 1.87. The van der Waals surface area contributed by atoms with Gasteiger partial charge in [0.05, 0.1) is 24.0 Å². The van der Waals surface area contributed by atoms with Gasteiger partial charge in [-0.2, -0.15) is 0 Å². The van der Waals surface area contributed by atoms with Crippen molar-refractivity contribution in [3.8, 4) is 0 Å². The van der Waals surface area contributed by atoms with Crippen LogP contribution in [0.25, 0.3) is 0 Å². The van der Waals surface area contributed by atoms with Crippen molar-refractivity contribution in [1.29, 1.82) is 0 Å². The Morgan fingerprint density at radius 2 is 2.26 bits per heavy atom. The summed E-state index contributed by atoms with van der Waals surface area (Å²) in [6, 6.07) is 3.78. The molecular formula is C16H22ClNO4S. The molecule has 0 bridgehead atoms. The summed E-state index contributed by atoms with van der Waals surface area (Å²) in [5, 5.41) is 0. The summed E-state index contributed by atoms with van der Waals surface area (Å²) in [4.78, 5) is 26.7. The van der Waals surface area contributed by atoms with E-state index in [0.717, 1.165) is 28.7 Å². The van der Waals surface area contributed by atoms with Crippen LogP contribution in [-0.2, 0) is 25.5 Å². The van der Waals surface area contributed by atoms with Gasteiger partial charge in [-0.1, -0.05) is 11.6 Å². The molecule has 0 radical (unpaired) electrons. The number of ether oxygens (including phenoxy) is 2. The number of halogens is 1. The van der Waals surface area contributed by atoms with Crippen LogP contribution in [0.4, 0.5) is 0 Å². The van der Waals surface area contributed by atoms with Gasteiger partial charge in [-0.25, -0.2) is 0 Å². The van der Waals surface area contributed by atoms with E-state index in [9.17, 15) is 9.59 Å². The zero-order chi connectivity index (χ0) is 16.7. The van der Waals surface area contributed by atoms with Gasteiger partial charge in [0.25, 0.3) is 0 Å². The van der Waals surface area contributed by atoms with Crippen LogP contribution >= 0.6 is 22.9 Å². The van der Waals surface area contributed by atoms with E-state index in [-0.39, 0.29) is 24.4 Å². The number of amides is 1. The number of hydrogen-bond acceptors (Lipinski definition) is 5. The molecule has 128 valence electrons. The second-order valence-electron chi connectivity index (χ2n) is 5.51. The molecule has 0 saturated carbocycles. The molecule has 1 aliphatic rings. The Hall–Kier alpha value is -1.11. The fourth-order valence-electron chi connectivity index (χ4n) is 2.55. The third-order valence-electron chi connectivity index (χ3n) is 3.83. The number of methoxy groups -OCH3 is 1. The van der Waals surface area contributed by atoms with Crippen molar-refractivity contribution in [2.75, 3.05) is 26.8 Å². The number of esters is 1. The van der Waals surface area contributed by atoms with Crippen LogP contribution in [0.5, 0.6) is 0 Å².